The molecular weight excluding hydrogens is 439 g/mol. The van der Waals surface area contributed by atoms with Gasteiger partial charge < -0.3 is 0 Å². The van der Waals surface area contributed by atoms with Gasteiger partial charge in [-0.25, -0.2) is 0 Å². The summed E-state index contributed by atoms with van der Waals surface area (Å²) in [6.45, 7) is 21.1. The molecule has 0 aliphatic carbocycles. The molecule has 0 saturated carbocycles. The van der Waals surface area contributed by atoms with Crippen molar-refractivity contribution < 1.29 is 4.43 Å². The fourth-order valence-corrected chi connectivity index (χ4v) is 20.0. The molecule has 0 saturated heterocycles. The Morgan fingerprint density at radius 2 is 1.31 bits per heavy atom. The van der Waals surface area contributed by atoms with Gasteiger partial charge in [0.25, 0.3) is 0 Å². The van der Waals surface area contributed by atoms with E-state index in [4.69, 9.17) is 4.43 Å². The molecule has 0 aromatic heterocycles. The second-order valence-corrected chi connectivity index (χ2v) is 28.8. The Labute approximate surface area is 171 Å². The van der Waals surface area contributed by atoms with Gasteiger partial charge in [-0.2, -0.15) is 0 Å². The van der Waals surface area contributed by atoms with E-state index in [1.54, 1.807) is 13.3 Å². The molecule has 0 amide bonds. The molecule has 156 valence electrons. The van der Waals surface area contributed by atoms with Gasteiger partial charge in [0, 0.05) is 0 Å². The topological polar surface area (TPSA) is 9.23 Å². The molecule has 0 aliphatic heterocycles. The summed E-state index contributed by atoms with van der Waals surface area (Å²) in [5.74, 6) is 0. The fraction of sp³-hybridized carbons (Fsp3) is 0.913. The zero-order valence-electron chi connectivity index (χ0n) is 19.7. The van der Waals surface area contributed by atoms with Gasteiger partial charge >= 0.3 is 172 Å². The van der Waals surface area contributed by atoms with Crippen LogP contribution in [0, 0.1) is 0 Å². The van der Waals surface area contributed by atoms with Crippen molar-refractivity contribution in [3.8, 4) is 0 Å². The second-order valence-electron chi connectivity index (χ2n) is 10.0. The molecule has 0 aromatic rings. The van der Waals surface area contributed by atoms with Gasteiger partial charge in [-0.15, -0.1) is 0 Å². The van der Waals surface area contributed by atoms with Crippen molar-refractivity contribution in [2.75, 3.05) is 0 Å². The van der Waals surface area contributed by atoms with Crippen molar-refractivity contribution in [1.29, 1.82) is 0 Å². The van der Waals surface area contributed by atoms with Gasteiger partial charge in [0.05, 0.1) is 0 Å². The SMILES string of the molecule is CCC[CH2][Sn]([CH2]/C=C/[C@H](C)O[Si](C)(C)C(C)(C)C)([CH2]CCC)[CH2]CCC. The molecule has 0 fully saturated rings. The van der Waals surface area contributed by atoms with E-state index in [0.717, 1.165) is 0 Å². The van der Waals surface area contributed by atoms with Gasteiger partial charge in [-0.3, -0.25) is 0 Å². The van der Waals surface area contributed by atoms with Crippen LogP contribution in [0.2, 0.25) is 35.9 Å². The average Bonchev–Trinajstić information content (AvgIpc) is 2.54. The maximum atomic E-state index is 6.54. The van der Waals surface area contributed by atoms with Gasteiger partial charge in [0.2, 0.25) is 0 Å². The summed E-state index contributed by atoms with van der Waals surface area (Å²) < 4.78 is 12.8. The molecule has 0 rings (SSSR count). The third-order valence-electron chi connectivity index (χ3n) is 6.43. The molecule has 3 heteroatoms. The van der Waals surface area contributed by atoms with Crippen LogP contribution in [-0.2, 0) is 4.43 Å². The summed E-state index contributed by atoms with van der Waals surface area (Å²) in [6.07, 6.45) is 13.7. The van der Waals surface area contributed by atoms with E-state index in [9.17, 15) is 0 Å². The number of allylic oxidation sites excluding steroid dienone is 1. The molecule has 0 aliphatic rings. The molecule has 0 radical (unpaired) electrons. The van der Waals surface area contributed by atoms with Crippen LogP contribution in [0.25, 0.3) is 0 Å². The van der Waals surface area contributed by atoms with Crippen molar-refractivity contribution in [3.63, 3.8) is 0 Å². The van der Waals surface area contributed by atoms with E-state index in [1.807, 2.05) is 0 Å². The molecule has 1 nitrogen and oxygen atoms in total. The van der Waals surface area contributed by atoms with Gasteiger partial charge in [-0.05, 0) is 0 Å². The number of hydrogen-bond donors (Lipinski definition) is 0. The summed E-state index contributed by atoms with van der Waals surface area (Å²) in [7, 11) is -1.66. The van der Waals surface area contributed by atoms with E-state index < -0.39 is 26.7 Å². The number of hydrogen-bond acceptors (Lipinski definition) is 1. The quantitative estimate of drug-likeness (QED) is 0.175. The van der Waals surface area contributed by atoms with Crippen LogP contribution in [0.1, 0.15) is 87.0 Å². The van der Waals surface area contributed by atoms with Crippen molar-refractivity contribution in [2.24, 2.45) is 0 Å². The molecule has 0 aromatic carbocycles. The standard InChI is InChI=1S/C11H23OSi.3C4H9.Sn/c1-8-9-10(2)12-13(6,7)11(3,4)5;3*1-3-4-2;/h8-10H,1H2,2-7H3;3*1,3-4H2,2H3;/b9-8+;;;;/t10-;;;;/m0..../s1. The average molecular weight is 489 g/mol. The Morgan fingerprint density at radius 1 is 0.885 bits per heavy atom. The Kier molecular flexibility index (Phi) is 13.4. The minimum atomic E-state index is -2.01. The van der Waals surface area contributed by atoms with Crippen LogP contribution in [0.15, 0.2) is 12.2 Å². The number of rotatable bonds is 14. The van der Waals surface area contributed by atoms with E-state index >= 15 is 0 Å². The van der Waals surface area contributed by atoms with Crippen LogP contribution in [0.3, 0.4) is 0 Å². The first-order chi connectivity index (χ1) is 12.0. The predicted molar refractivity (Wildman–Crippen MR) is 127 cm³/mol. The monoisotopic (exact) mass is 490 g/mol. The van der Waals surface area contributed by atoms with E-state index in [-0.39, 0.29) is 6.10 Å². The first kappa shape index (κ1) is 26.7. The van der Waals surface area contributed by atoms with E-state index in [1.165, 1.54) is 43.0 Å². The molecule has 0 unspecified atom stereocenters. The zero-order valence-corrected chi connectivity index (χ0v) is 23.6. The Morgan fingerprint density at radius 3 is 1.65 bits per heavy atom. The van der Waals surface area contributed by atoms with Crippen molar-refractivity contribution in [2.45, 2.75) is 129 Å². The fourth-order valence-electron chi connectivity index (χ4n) is 3.53. The van der Waals surface area contributed by atoms with Crippen LogP contribution in [-0.4, -0.2) is 32.8 Å². The summed E-state index contributed by atoms with van der Waals surface area (Å²) >= 11 is -2.01. The summed E-state index contributed by atoms with van der Waals surface area (Å²) in [4.78, 5) is 0. The molecule has 26 heavy (non-hydrogen) atoms. The van der Waals surface area contributed by atoms with Gasteiger partial charge in [0.1, 0.15) is 0 Å². The zero-order chi connectivity index (χ0) is 20.3. The van der Waals surface area contributed by atoms with Crippen molar-refractivity contribution >= 4 is 26.7 Å². The maximum absolute atomic E-state index is 6.54. The first-order valence-electron chi connectivity index (χ1n) is 11.4. The Balaban J connectivity index is 4.99. The molecule has 1 atom stereocenters. The summed E-state index contributed by atoms with van der Waals surface area (Å²) in [6, 6.07) is 0. The van der Waals surface area contributed by atoms with Crippen LogP contribution in [0.5, 0.6) is 0 Å². The molecule has 0 bridgehead atoms. The molecule has 0 N–H and O–H groups in total. The molecule has 0 spiro atoms. The van der Waals surface area contributed by atoms with E-state index in [0.29, 0.717) is 5.04 Å². The molecular formula is C23H50OSiSn. The summed E-state index contributed by atoms with van der Waals surface area (Å²) in [5.41, 5.74) is 0. The summed E-state index contributed by atoms with van der Waals surface area (Å²) in [5, 5.41) is 0.293. The number of unbranched alkanes of at least 4 members (excludes halogenated alkanes) is 3. The van der Waals surface area contributed by atoms with Crippen molar-refractivity contribution in [3.05, 3.63) is 12.2 Å². The van der Waals surface area contributed by atoms with Crippen LogP contribution >= 0.6 is 0 Å². The van der Waals surface area contributed by atoms with Crippen LogP contribution < -0.4 is 0 Å². The minimum absolute atomic E-state index is 0.267. The Hall–Kier alpha value is 0.716. The third kappa shape index (κ3) is 10.3. The normalized spacial score (nSPS) is 15.0. The Bertz CT molecular complexity index is 362. The van der Waals surface area contributed by atoms with Crippen molar-refractivity contribution in [1.82, 2.24) is 0 Å². The predicted octanol–water partition coefficient (Wildman–Crippen LogP) is 8.80. The first-order valence-corrected chi connectivity index (χ1v) is 22.4. The van der Waals surface area contributed by atoms with Crippen LogP contribution in [0.4, 0.5) is 0 Å². The van der Waals surface area contributed by atoms with E-state index in [2.05, 4.69) is 73.7 Å². The van der Waals surface area contributed by atoms with Gasteiger partial charge in [0.15, 0.2) is 0 Å². The second kappa shape index (κ2) is 13.0. The third-order valence-corrected chi connectivity index (χ3v) is 26.3. The van der Waals surface area contributed by atoms with Gasteiger partial charge in [-0.1, -0.05) is 0 Å². The molecule has 0 heterocycles.